The molecule has 1 saturated heterocycles. The third kappa shape index (κ3) is 3.33. The summed E-state index contributed by atoms with van der Waals surface area (Å²) in [5.74, 6) is -2.52. The van der Waals surface area contributed by atoms with E-state index in [1.54, 1.807) is 0 Å². The maximum atomic E-state index is 12.3. The van der Waals surface area contributed by atoms with Gasteiger partial charge in [0.2, 0.25) is 17.6 Å². The van der Waals surface area contributed by atoms with Crippen LogP contribution in [0.1, 0.15) is 29.2 Å². The van der Waals surface area contributed by atoms with Crippen LogP contribution in [-0.2, 0) is 30.5 Å². The predicted molar refractivity (Wildman–Crippen MR) is 81.9 cm³/mol. The minimum Gasteiger partial charge on any atom is -0.463 e. The summed E-state index contributed by atoms with van der Waals surface area (Å²) in [6.45, 7) is -0.629. The van der Waals surface area contributed by atoms with E-state index in [1.165, 1.54) is 19.2 Å². The Kier molecular flexibility index (Phi) is 4.69. The topological polar surface area (TPSA) is 103 Å². The number of nitrogens with zero attached hydrogens (tertiary/aromatic N) is 1. The highest BCUT2D eigenvalue weighted by molar-refractivity contribution is 6.07. The van der Waals surface area contributed by atoms with Crippen molar-refractivity contribution in [3.05, 3.63) is 35.8 Å². The van der Waals surface area contributed by atoms with Crippen molar-refractivity contribution in [3.8, 4) is 0 Å². The normalized spacial score (nSPS) is 22.0. The van der Waals surface area contributed by atoms with Crippen LogP contribution in [0.25, 0.3) is 0 Å². The van der Waals surface area contributed by atoms with Crippen molar-refractivity contribution in [2.45, 2.75) is 19.4 Å². The average Bonchev–Trinajstić information content (AvgIpc) is 3.19. The van der Waals surface area contributed by atoms with Crippen LogP contribution in [0.4, 0.5) is 0 Å². The summed E-state index contributed by atoms with van der Waals surface area (Å²) < 4.78 is 14.7. The zero-order chi connectivity index (χ0) is 18.0. The SMILES string of the molecule is COC(=O)c1ccc(COC(=O)CN2C(=O)C3CC=CCC3C2=O)o1. The summed E-state index contributed by atoms with van der Waals surface area (Å²) in [7, 11) is 1.22. The van der Waals surface area contributed by atoms with Crippen LogP contribution in [0.3, 0.4) is 0 Å². The Hall–Kier alpha value is -2.90. The molecule has 1 aliphatic heterocycles. The molecule has 0 spiro atoms. The van der Waals surface area contributed by atoms with Gasteiger partial charge in [-0.1, -0.05) is 12.2 Å². The first-order valence-corrected chi connectivity index (χ1v) is 7.84. The summed E-state index contributed by atoms with van der Waals surface area (Å²) in [6, 6.07) is 2.88. The van der Waals surface area contributed by atoms with E-state index in [4.69, 9.17) is 9.15 Å². The zero-order valence-corrected chi connectivity index (χ0v) is 13.6. The van der Waals surface area contributed by atoms with E-state index in [0.29, 0.717) is 12.8 Å². The number of fused-ring (bicyclic) bond motifs is 1. The van der Waals surface area contributed by atoms with Gasteiger partial charge in [-0.2, -0.15) is 0 Å². The molecular weight excluding hydrogens is 330 g/mol. The van der Waals surface area contributed by atoms with Gasteiger partial charge in [-0.05, 0) is 25.0 Å². The lowest BCUT2D eigenvalue weighted by Gasteiger charge is -2.14. The summed E-state index contributed by atoms with van der Waals surface area (Å²) in [4.78, 5) is 48.7. The van der Waals surface area contributed by atoms with Gasteiger partial charge in [-0.3, -0.25) is 19.3 Å². The lowest BCUT2D eigenvalue weighted by atomic mass is 9.85. The summed E-state index contributed by atoms with van der Waals surface area (Å²) >= 11 is 0. The fourth-order valence-corrected chi connectivity index (χ4v) is 3.02. The standard InChI is InChI=1S/C17H17NO7/c1-23-17(22)13-7-6-10(25-13)9-24-14(19)8-18-15(20)11-4-2-3-5-12(11)16(18)21/h2-3,6-7,11-12H,4-5,8-9H2,1H3. The second-order valence-corrected chi connectivity index (χ2v) is 5.84. The van der Waals surface area contributed by atoms with Crippen LogP contribution in [-0.4, -0.2) is 42.3 Å². The smallest absolute Gasteiger partial charge is 0.373 e. The van der Waals surface area contributed by atoms with Gasteiger partial charge in [-0.15, -0.1) is 0 Å². The number of furan rings is 1. The molecule has 1 aliphatic carbocycles. The van der Waals surface area contributed by atoms with E-state index in [2.05, 4.69) is 4.74 Å². The first-order chi connectivity index (χ1) is 12.0. The average molecular weight is 347 g/mol. The van der Waals surface area contributed by atoms with Crippen LogP contribution in [0.15, 0.2) is 28.7 Å². The molecule has 1 aromatic rings. The van der Waals surface area contributed by atoms with E-state index in [-0.39, 0.29) is 41.8 Å². The summed E-state index contributed by atoms with van der Waals surface area (Å²) in [6.07, 6.45) is 4.79. The van der Waals surface area contributed by atoms with E-state index in [0.717, 1.165) is 4.90 Å². The van der Waals surface area contributed by atoms with Crippen LogP contribution >= 0.6 is 0 Å². The number of hydrogen-bond acceptors (Lipinski definition) is 7. The molecule has 0 N–H and O–H groups in total. The number of amides is 2. The van der Waals surface area contributed by atoms with Gasteiger partial charge in [0.1, 0.15) is 18.9 Å². The Morgan fingerprint density at radius 1 is 1.16 bits per heavy atom. The van der Waals surface area contributed by atoms with Gasteiger partial charge in [0.25, 0.3) is 0 Å². The zero-order valence-electron chi connectivity index (χ0n) is 13.6. The molecule has 3 rings (SSSR count). The number of imide groups is 1. The molecule has 1 aromatic heterocycles. The van der Waals surface area contributed by atoms with Gasteiger partial charge < -0.3 is 13.9 Å². The number of carbonyl (C=O) groups is 4. The Morgan fingerprint density at radius 2 is 1.80 bits per heavy atom. The molecule has 2 atom stereocenters. The molecular formula is C17H17NO7. The van der Waals surface area contributed by atoms with Crippen molar-refractivity contribution >= 4 is 23.8 Å². The quantitative estimate of drug-likeness (QED) is 0.446. The van der Waals surface area contributed by atoms with Crippen molar-refractivity contribution in [2.75, 3.05) is 13.7 Å². The van der Waals surface area contributed by atoms with Crippen LogP contribution in [0, 0.1) is 11.8 Å². The van der Waals surface area contributed by atoms with E-state index in [1.807, 2.05) is 12.2 Å². The third-order valence-corrected chi connectivity index (χ3v) is 4.31. The Bertz CT molecular complexity index is 722. The van der Waals surface area contributed by atoms with Gasteiger partial charge in [0.15, 0.2) is 0 Å². The summed E-state index contributed by atoms with van der Waals surface area (Å²) in [5.41, 5.74) is 0. The fourth-order valence-electron chi connectivity index (χ4n) is 3.02. The maximum absolute atomic E-state index is 12.3. The van der Waals surface area contributed by atoms with Crippen LogP contribution in [0.2, 0.25) is 0 Å². The highest BCUT2D eigenvalue weighted by Crippen LogP contribution is 2.34. The number of carbonyl (C=O) groups excluding carboxylic acids is 4. The van der Waals surface area contributed by atoms with Crippen molar-refractivity contribution < 1.29 is 33.1 Å². The summed E-state index contributed by atoms with van der Waals surface area (Å²) in [5, 5.41) is 0. The van der Waals surface area contributed by atoms with Gasteiger partial charge in [-0.25, -0.2) is 4.79 Å². The molecule has 8 nitrogen and oxygen atoms in total. The van der Waals surface area contributed by atoms with Gasteiger partial charge >= 0.3 is 11.9 Å². The van der Waals surface area contributed by atoms with E-state index >= 15 is 0 Å². The fraction of sp³-hybridized carbons (Fsp3) is 0.412. The minimum atomic E-state index is -0.718. The molecule has 2 aliphatic rings. The second kappa shape index (κ2) is 6.92. The Morgan fingerprint density at radius 3 is 2.40 bits per heavy atom. The van der Waals surface area contributed by atoms with Crippen LogP contribution < -0.4 is 0 Å². The molecule has 8 heteroatoms. The molecule has 132 valence electrons. The highest BCUT2D eigenvalue weighted by Gasteiger charge is 2.47. The minimum absolute atomic E-state index is 0.00461. The number of esters is 2. The van der Waals surface area contributed by atoms with Crippen molar-refractivity contribution in [1.29, 1.82) is 0 Å². The second-order valence-electron chi connectivity index (χ2n) is 5.84. The molecule has 0 saturated carbocycles. The highest BCUT2D eigenvalue weighted by atomic mass is 16.6. The Balaban J connectivity index is 1.54. The molecule has 2 amide bonds. The first-order valence-electron chi connectivity index (χ1n) is 7.84. The first kappa shape index (κ1) is 16.9. The molecule has 0 aromatic carbocycles. The molecule has 1 fully saturated rings. The van der Waals surface area contributed by atoms with Crippen molar-refractivity contribution in [1.82, 2.24) is 4.90 Å². The number of rotatable bonds is 5. The van der Waals surface area contributed by atoms with Gasteiger partial charge in [0.05, 0.1) is 18.9 Å². The molecule has 2 unspecified atom stereocenters. The lowest BCUT2D eigenvalue weighted by Crippen LogP contribution is -2.36. The number of methoxy groups -OCH3 is 1. The van der Waals surface area contributed by atoms with Crippen molar-refractivity contribution in [2.24, 2.45) is 11.8 Å². The van der Waals surface area contributed by atoms with E-state index in [9.17, 15) is 19.2 Å². The Labute approximate surface area is 143 Å². The molecule has 25 heavy (non-hydrogen) atoms. The molecule has 0 radical (unpaired) electrons. The third-order valence-electron chi connectivity index (χ3n) is 4.31. The van der Waals surface area contributed by atoms with E-state index < -0.39 is 18.5 Å². The lowest BCUT2D eigenvalue weighted by molar-refractivity contribution is -0.154. The number of likely N-dealkylation sites (tertiary alicyclic amines) is 1. The predicted octanol–water partition coefficient (Wildman–Crippen LogP) is 1.06. The number of allylic oxidation sites excluding steroid dienone is 2. The number of hydrogen-bond donors (Lipinski definition) is 0. The maximum Gasteiger partial charge on any atom is 0.373 e. The van der Waals surface area contributed by atoms with Crippen LogP contribution in [0.5, 0.6) is 0 Å². The van der Waals surface area contributed by atoms with Crippen molar-refractivity contribution in [3.63, 3.8) is 0 Å². The largest absolute Gasteiger partial charge is 0.463 e. The molecule has 0 bridgehead atoms. The van der Waals surface area contributed by atoms with Gasteiger partial charge in [0, 0.05) is 0 Å². The molecule has 2 heterocycles. The number of ether oxygens (including phenoxy) is 2. The monoisotopic (exact) mass is 347 g/mol.